The lowest BCUT2D eigenvalue weighted by Crippen LogP contribution is -1.97. The van der Waals surface area contributed by atoms with Gasteiger partial charge >= 0.3 is 0 Å². The van der Waals surface area contributed by atoms with Crippen molar-refractivity contribution in [3.63, 3.8) is 0 Å². The van der Waals surface area contributed by atoms with Gasteiger partial charge in [-0.3, -0.25) is 0 Å². The standard InChI is InChI=1S/C9H9O2/c1-2-5-9-8(4-1)10-6-3-7-11-9/h1-2,4H,3,6-7H2. The van der Waals surface area contributed by atoms with Gasteiger partial charge in [0.25, 0.3) is 0 Å². The number of para-hydroxylation sites is 1. The first-order chi connectivity index (χ1) is 5.47. The molecule has 57 valence electrons. The Morgan fingerprint density at radius 3 is 3.18 bits per heavy atom. The van der Waals surface area contributed by atoms with Crippen LogP contribution in [0, 0.1) is 6.07 Å². The van der Waals surface area contributed by atoms with Crippen molar-refractivity contribution >= 4 is 0 Å². The van der Waals surface area contributed by atoms with Crippen molar-refractivity contribution in [2.24, 2.45) is 0 Å². The summed E-state index contributed by atoms with van der Waals surface area (Å²) >= 11 is 0. The molecule has 0 N–H and O–H groups in total. The van der Waals surface area contributed by atoms with Gasteiger partial charge in [0.15, 0.2) is 11.5 Å². The molecule has 1 radical (unpaired) electrons. The van der Waals surface area contributed by atoms with Gasteiger partial charge in [-0.05, 0) is 6.07 Å². The summed E-state index contributed by atoms with van der Waals surface area (Å²) in [5.41, 5.74) is 0. The third-order valence-electron chi connectivity index (χ3n) is 1.57. The molecule has 0 atom stereocenters. The Balaban J connectivity index is 2.33. The Kier molecular flexibility index (Phi) is 1.68. The van der Waals surface area contributed by atoms with Gasteiger partial charge in [0.2, 0.25) is 0 Å². The van der Waals surface area contributed by atoms with Crippen LogP contribution in [0.2, 0.25) is 0 Å². The highest BCUT2D eigenvalue weighted by molar-refractivity contribution is 5.38. The first kappa shape index (κ1) is 6.53. The highest BCUT2D eigenvalue weighted by Crippen LogP contribution is 2.27. The number of rotatable bonds is 0. The number of hydrogen-bond donors (Lipinski definition) is 0. The minimum absolute atomic E-state index is 0.730. The maximum absolute atomic E-state index is 5.39. The molecule has 1 aromatic rings. The molecule has 0 amide bonds. The van der Waals surface area contributed by atoms with E-state index in [9.17, 15) is 0 Å². The summed E-state index contributed by atoms with van der Waals surface area (Å²) in [4.78, 5) is 0. The highest BCUT2D eigenvalue weighted by atomic mass is 16.5. The van der Waals surface area contributed by atoms with Crippen molar-refractivity contribution in [2.45, 2.75) is 6.42 Å². The molecule has 2 heteroatoms. The van der Waals surface area contributed by atoms with Crippen LogP contribution >= 0.6 is 0 Å². The van der Waals surface area contributed by atoms with Gasteiger partial charge in [-0.25, -0.2) is 0 Å². The Morgan fingerprint density at radius 1 is 1.27 bits per heavy atom. The van der Waals surface area contributed by atoms with Crippen LogP contribution in [-0.4, -0.2) is 13.2 Å². The first-order valence-corrected chi connectivity index (χ1v) is 3.73. The zero-order valence-electron chi connectivity index (χ0n) is 6.17. The van der Waals surface area contributed by atoms with Crippen molar-refractivity contribution in [3.05, 3.63) is 24.3 Å². The third kappa shape index (κ3) is 1.29. The normalized spacial score (nSPS) is 15.6. The van der Waals surface area contributed by atoms with Gasteiger partial charge in [-0.2, -0.15) is 0 Å². The number of benzene rings is 1. The van der Waals surface area contributed by atoms with Crippen LogP contribution < -0.4 is 9.47 Å². The van der Waals surface area contributed by atoms with Crippen LogP contribution in [-0.2, 0) is 0 Å². The topological polar surface area (TPSA) is 18.5 Å². The third-order valence-corrected chi connectivity index (χ3v) is 1.57. The summed E-state index contributed by atoms with van der Waals surface area (Å²) in [7, 11) is 0. The summed E-state index contributed by atoms with van der Waals surface area (Å²) in [5.74, 6) is 1.55. The molecule has 0 fully saturated rings. The lowest BCUT2D eigenvalue weighted by molar-refractivity contribution is 0.296. The van der Waals surface area contributed by atoms with Crippen LogP contribution in [0.1, 0.15) is 6.42 Å². The second kappa shape index (κ2) is 2.82. The van der Waals surface area contributed by atoms with Crippen LogP contribution in [0.3, 0.4) is 0 Å². The van der Waals surface area contributed by atoms with Gasteiger partial charge in [0.1, 0.15) is 0 Å². The molecule has 0 aromatic heterocycles. The van der Waals surface area contributed by atoms with Crippen molar-refractivity contribution in [1.82, 2.24) is 0 Å². The van der Waals surface area contributed by atoms with E-state index in [4.69, 9.17) is 9.47 Å². The quantitative estimate of drug-likeness (QED) is 0.558. The van der Waals surface area contributed by atoms with Gasteiger partial charge in [-0.1, -0.05) is 12.1 Å². The SMILES string of the molecule is [c]1cccc2c1OCCCO2. The second-order valence-electron chi connectivity index (χ2n) is 2.41. The van der Waals surface area contributed by atoms with E-state index in [1.54, 1.807) is 0 Å². The fourth-order valence-corrected chi connectivity index (χ4v) is 1.05. The summed E-state index contributed by atoms with van der Waals surface area (Å²) in [6.07, 6.45) is 0.947. The molecule has 0 saturated carbocycles. The highest BCUT2D eigenvalue weighted by Gasteiger charge is 2.07. The monoisotopic (exact) mass is 149 g/mol. The van der Waals surface area contributed by atoms with Crippen LogP contribution in [0.5, 0.6) is 11.5 Å². The smallest absolute Gasteiger partial charge is 0.169 e. The van der Waals surface area contributed by atoms with Gasteiger partial charge in [0.05, 0.1) is 13.2 Å². The minimum Gasteiger partial charge on any atom is -0.490 e. The van der Waals surface area contributed by atoms with E-state index < -0.39 is 0 Å². The number of ether oxygens (including phenoxy) is 2. The van der Waals surface area contributed by atoms with E-state index in [1.807, 2.05) is 18.2 Å². The summed E-state index contributed by atoms with van der Waals surface area (Å²) < 4.78 is 10.8. The molecule has 0 unspecified atom stereocenters. The fourth-order valence-electron chi connectivity index (χ4n) is 1.05. The van der Waals surface area contributed by atoms with Gasteiger partial charge < -0.3 is 9.47 Å². The van der Waals surface area contributed by atoms with Gasteiger partial charge in [-0.15, -0.1) is 0 Å². The molecular formula is C9H9O2. The van der Waals surface area contributed by atoms with Crippen molar-refractivity contribution in [3.8, 4) is 11.5 Å². The fraction of sp³-hybridized carbons (Fsp3) is 0.333. The van der Waals surface area contributed by atoms with Crippen LogP contribution in [0.25, 0.3) is 0 Å². The van der Waals surface area contributed by atoms with E-state index in [1.165, 1.54) is 0 Å². The Bertz CT molecular complexity index is 220. The Hall–Kier alpha value is -1.18. The zero-order chi connectivity index (χ0) is 7.52. The molecule has 0 bridgehead atoms. The Labute approximate surface area is 65.7 Å². The largest absolute Gasteiger partial charge is 0.490 e. The van der Waals surface area contributed by atoms with Gasteiger partial charge in [0, 0.05) is 12.5 Å². The van der Waals surface area contributed by atoms with E-state index in [-0.39, 0.29) is 0 Å². The average molecular weight is 149 g/mol. The molecule has 1 aromatic carbocycles. The van der Waals surface area contributed by atoms with Crippen molar-refractivity contribution in [2.75, 3.05) is 13.2 Å². The van der Waals surface area contributed by atoms with Crippen molar-refractivity contribution < 1.29 is 9.47 Å². The summed E-state index contributed by atoms with van der Waals surface area (Å²) in [5, 5.41) is 0. The molecule has 0 aliphatic carbocycles. The minimum atomic E-state index is 0.730. The van der Waals surface area contributed by atoms with E-state index in [2.05, 4.69) is 6.07 Å². The lowest BCUT2D eigenvalue weighted by atomic mass is 10.3. The zero-order valence-corrected chi connectivity index (χ0v) is 6.17. The van der Waals surface area contributed by atoms with Crippen LogP contribution in [0.15, 0.2) is 18.2 Å². The molecule has 0 spiro atoms. The molecule has 2 nitrogen and oxygen atoms in total. The predicted molar refractivity (Wildman–Crippen MR) is 40.9 cm³/mol. The molecule has 1 heterocycles. The molecule has 11 heavy (non-hydrogen) atoms. The molecule has 1 aliphatic rings. The first-order valence-electron chi connectivity index (χ1n) is 3.73. The number of fused-ring (bicyclic) bond motifs is 1. The average Bonchev–Trinajstić information content (AvgIpc) is 2.28. The second-order valence-corrected chi connectivity index (χ2v) is 2.41. The predicted octanol–water partition coefficient (Wildman–Crippen LogP) is 1.65. The molecular weight excluding hydrogens is 140 g/mol. The maximum atomic E-state index is 5.39. The van der Waals surface area contributed by atoms with Crippen LogP contribution in [0.4, 0.5) is 0 Å². The summed E-state index contributed by atoms with van der Waals surface area (Å²) in [6.45, 7) is 1.47. The summed E-state index contributed by atoms with van der Waals surface area (Å²) in [6, 6.07) is 8.60. The van der Waals surface area contributed by atoms with E-state index >= 15 is 0 Å². The number of hydrogen-bond acceptors (Lipinski definition) is 2. The maximum Gasteiger partial charge on any atom is 0.169 e. The lowest BCUT2D eigenvalue weighted by Gasteiger charge is -2.03. The molecule has 0 saturated heterocycles. The van der Waals surface area contributed by atoms with E-state index in [0.29, 0.717) is 0 Å². The molecule has 1 aliphatic heterocycles. The van der Waals surface area contributed by atoms with Crippen molar-refractivity contribution in [1.29, 1.82) is 0 Å². The Morgan fingerprint density at radius 2 is 2.18 bits per heavy atom. The molecule has 2 rings (SSSR count). The van der Waals surface area contributed by atoms with E-state index in [0.717, 1.165) is 31.1 Å².